The van der Waals surface area contributed by atoms with Crippen LogP contribution in [-0.2, 0) is 6.54 Å². The zero-order chi connectivity index (χ0) is 13.5. The highest BCUT2D eigenvalue weighted by Crippen LogP contribution is 2.09. The molecule has 1 aromatic heterocycles. The van der Waals surface area contributed by atoms with E-state index < -0.39 is 0 Å². The zero-order valence-corrected chi connectivity index (χ0v) is 12.5. The molecular weight excluding hydrogens is 224 g/mol. The monoisotopic (exact) mass is 252 g/mol. The molecule has 0 amide bonds. The maximum atomic E-state index is 4.45. The normalized spacial score (nSPS) is 13.5. The van der Waals surface area contributed by atoms with Gasteiger partial charge in [-0.25, -0.2) is 4.98 Å². The second kappa shape index (κ2) is 7.54. The minimum atomic E-state index is 0.477. The molecule has 0 fully saturated rings. The van der Waals surface area contributed by atoms with Crippen LogP contribution in [0.4, 0.5) is 0 Å². The number of nitrogens with zero attached hydrogens (tertiary/aromatic N) is 3. The van der Waals surface area contributed by atoms with E-state index in [1.165, 1.54) is 0 Å². The van der Waals surface area contributed by atoms with E-state index in [-0.39, 0.29) is 0 Å². The molecule has 104 valence electrons. The quantitative estimate of drug-likeness (QED) is 0.770. The van der Waals surface area contributed by atoms with Gasteiger partial charge in [-0.2, -0.15) is 0 Å². The Kier molecular flexibility index (Phi) is 6.36. The van der Waals surface area contributed by atoms with Gasteiger partial charge < -0.3 is 14.8 Å². The molecule has 4 heteroatoms. The third kappa shape index (κ3) is 4.78. The Morgan fingerprint density at radius 3 is 2.50 bits per heavy atom. The van der Waals surface area contributed by atoms with Crippen LogP contribution in [-0.4, -0.2) is 40.1 Å². The van der Waals surface area contributed by atoms with Gasteiger partial charge in [-0.05, 0) is 20.0 Å². The van der Waals surface area contributed by atoms with E-state index in [1.54, 1.807) is 0 Å². The predicted octanol–water partition coefficient (Wildman–Crippen LogP) is 2.28. The van der Waals surface area contributed by atoms with Crippen LogP contribution < -0.4 is 5.32 Å². The number of rotatable bonds is 8. The summed E-state index contributed by atoms with van der Waals surface area (Å²) in [7, 11) is 0. The van der Waals surface area contributed by atoms with Crippen LogP contribution in [0.5, 0.6) is 0 Å². The molecule has 1 heterocycles. The number of imidazole rings is 1. The van der Waals surface area contributed by atoms with Gasteiger partial charge in [-0.15, -0.1) is 0 Å². The highest BCUT2D eigenvalue weighted by Gasteiger charge is 2.09. The largest absolute Gasteiger partial charge is 0.333 e. The molecule has 18 heavy (non-hydrogen) atoms. The summed E-state index contributed by atoms with van der Waals surface area (Å²) in [4.78, 5) is 6.89. The van der Waals surface area contributed by atoms with Crippen LogP contribution in [0.25, 0.3) is 0 Å². The van der Waals surface area contributed by atoms with Gasteiger partial charge in [0.2, 0.25) is 0 Å². The average molecular weight is 252 g/mol. The topological polar surface area (TPSA) is 33.1 Å². The molecule has 0 aliphatic rings. The Balaban J connectivity index is 2.50. The maximum Gasteiger partial charge on any atom is 0.0952 e. The lowest BCUT2D eigenvalue weighted by atomic mass is 10.3. The number of hydrogen-bond acceptors (Lipinski definition) is 3. The molecule has 0 aromatic carbocycles. The summed E-state index contributed by atoms with van der Waals surface area (Å²) < 4.78 is 2.22. The Morgan fingerprint density at radius 1 is 1.28 bits per heavy atom. The maximum absolute atomic E-state index is 4.45. The van der Waals surface area contributed by atoms with Gasteiger partial charge in [-0.1, -0.05) is 27.7 Å². The van der Waals surface area contributed by atoms with E-state index in [0.29, 0.717) is 12.1 Å². The summed E-state index contributed by atoms with van der Waals surface area (Å²) in [6.07, 6.45) is 4.11. The molecule has 0 saturated heterocycles. The zero-order valence-electron chi connectivity index (χ0n) is 12.5. The van der Waals surface area contributed by atoms with Gasteiger partial charge in [0.15, 0.2) is 0 Å². The molecule has 0 aliphatic carbocycles. The van der Waals surface area contributed by atoms with Crippen molar-refractivity contribution in [1.29, 1.82) is 0 Å². The van der Waals surface area contributed by atoms with Crippen LogP contribution in [0.3, 0.4) is 0 Å². The van der Waals surface area contributed by atoms with E-state index in [9.17, 15) is 0 Å². The standard InChI is InChI=1S/C14H28N4/c1-6-17(7-2)9-13(5)18-10-14(16-11-18)8-15-12(3)4/h10-13,15H,6-9H2,1-5H3. The van der Waals surface area contributed by atoms with Crippen LogP contribution in [0, 0.1) is 0 Å². The van der Waals surface area contributed by atoms with Crippen LogP contribution in [0.15, 0.2) is 12.5 Å². The predicted molar refractivity (Wildman–Crippen MR) is 76.7 cm³/mol. The van der Waals surface area contributed by atoms with Crippen molar-refractivity contribution in [2.45, 2.75) is 53.2 Å². The van der Waals surface area contributed by atoms with Crippen molar-refractivity contribution in [3.63, 3.8) is 0 Å². The Morgan fingerprint density at radius 2 is 1.94 bits per heavy atom. The highest BCUT2D eigenvalue weighted by molar-refractivity contribution is 4.98. The number of hydrogen-bond donors (Lipinski definition) is 1. The molecule has 1 N–H and O–H groups in total. The third-order valence-electron chi connectivity index (χ3n) is 3.27. The first-order valence-corrected chi connectivity index (χ1v) is 7.04. The molecule has 4 nitrogen and oxygen atoms in total. The summed E-state index contributed by atoms with van der Waals surface area (Å²) in [6.45, 7) is 15.1. The number of likely N-dealkylation sites (N-methyl/N-ethyl adjacent to an activating group) is 1. The SMILES string of the molecule is CCN(CC)CC(C)n1cnc(CNC(C)C)c1. The molecule has 1 rings (SSSR count). The van der Waals surface area contributed by atoms with Gasteiger partial charge in [0.05, 0.1) is 12.0 Å². The highest BCUT2D eigenvalue weighted by atomic mass is 15.2. The van der Waals surface area contributed by atoms with Gasteiger partial charge in [0.25, 0.3) is 0 Å². The lowest BCUT2D eigenvalue weighted by Crippen LogP contribution is -2.29. The Bertz CT molecular complexity index is 328. The molecule has 0 spiro atoms. The summed E-state index contributed by atoms with van der Waals surface area (Å²) in [5.74, 6) is 0. The molecular formula is C14H28N4. The van der Waals surface area contributed by atoms with E-state index in [1.807, 2.05) is 6.33 Å². The van der Waals surface area contributed by atoms with Crippen molar-refractivity contribution >= 4 is 0 Å². The van der Waals surface area contributed by atoms with E-state index in [2.05, 4.69) is 60.6 Å². The van der Waals surface area contributed by atoms with Gasteiger partial charge in [0.1, 0.15) is 0 Å². The fraction of sp³-hybridized carbons (Fsp3) is 0.786. The second-order valence-corrected chi connectivity index (χ2v) is 5.18. The lowest BCUT2D eigenvalue weighted by molar-refractivity contribution is 0.261. The number of nitrogens with one attached hydrogen (secondary N) is 1. The average Bonchev–Trinajstić information content (AvgIpc) is 2.82. The molecule has 1 atom stereocenters. The van der Waals surface area contributed by atoms with Crippen molar-refractivity contribution in [3.05, 3.63) is 18.2 Å². The third-order valence-corrected chi connectivity index (χ3v) is 3.27. The van der Waals surface area contributed by atoms with E-state index >= 15 is 0 Å². The first-order valence-electron chi connectivity index (χ1n) is 7.04. The first-order chi connectivity index (χ1) is 8.56. The second-order valence-electron chi connectivity index (χ2n) is 5.18. The minimum absolute atomic E-state index is 0.477. The molecule has 1 unspecified atom stereocenters. The molecule has 0 aliphatic heterocycles. The van der Waals surface area contributed by atoms with Crippen molar-refractivity contribution < 1.29 is 0 Å². The number of aromatic nitrogens is 2. The fourth-order valence-electron chi connectivity index (χ4n) is 1.97. The molecule has 0 saturated carbocycles. The van der Waals surface area contributed by atoms with Crippen molar-refractivity contribution in [1.82, 2.24) is 19.8 Å². The lowest BCUT2D eigenvalue weighted by Gasteiger charge is -2.23. The van der Waals surface area contributed by atoms with E-state index in [4.69, 9.17) is 0 Å². The van der Waals surface area contributed by atoms with Gasteiger partial charge >= 0.3 is 0 Å². The van der Waals surface area contributed by atoms with Gasteiger partial charge in [0, 0.05) is 31.4 Å². The van der Waals surface area contributed by atoms with Crippen molar-refractivity contribution in [2.24, 2.45) is 0 Å². The van der Waals surface area contributed by atoms with Crippen LogP contribution in [0.1, 0.15) is 46.4 Å². The summed E-state index contributed by atoms with van der Waals surface area (Å²) in [6, 6.07) is 0.980. The van der Waals surface area contributed by atoms with E-state index in [0.717, 1.165) is 31.9 Å². The Labute approximate surface area is 111 Å². The summed E-state index contributed by atoms with van der Waals surface area (Å²) in [5, 5.41) is 3.39. The summed E-state index contributed by atoms with van der Waals surface area (Å²) >= 11 is 0. The molecule has 1 aromatic rings. The fourth-order valence-corrected chi connectivity index (χ4v) is 1.97. The first kappa shape index (κ1) is 15.2. The molecule has 0 radical (unpaired) electrons. The smallest absolute Gasteiger partial charge is 0.0952 e. The van der Waals surface area contributed by atoms with Crippen LogP contribution >= 0.6 is 0 Å². The minimum Gasteiger partial charge on any atom is -0.333 e. The summed E-state index contributed by atoms with van der Waals surface area (Å²) in [5.41, 5.74) is 1.12. The van der Waals surface area contributed by atoms with Crippen molar-refractivity contribution in [2.75, 3.05) is 19.6 Å². The van der Waals surface area contributed by atoms with Crippen LogP contribution in [0.2, 0.25) is 0 Å². The van der Waals surface area contributed by atoms with Crippen molar-refractivity contribution in [3.8, 4) is 0 Å². The molecule has 0 bridgehead atoms. The van der Waals surface area contributed by atoms with Gasteiger partial charge in [-0.3, -0.25) is 0 Å². The Hall–Kier alpha value is -0.870.